The Balaban J connectivity index is 2.04. The molecule has 2 nitrogen and oxygen atoms in total. The molecule has 13 heavy (non-hydrogen) atoms. The summed E-state index contributed by atoms with van der Waals surface area (Å²) in [6.45, 7) is 0.784. The number of rotatable bonds is 1. The molecule has 2 N–H and O–H groups in total. The fourth-order valence-corrected chi connectivity index (χ4v) is 2.87. The molecular formula is C11H15NO. The summed E-state index contributed by atoms with van der Waals surface area (Å²) in [7, 11) is 0. The smallest absolute Gasteiger partial charge is 0.0940 e. The first-order chi connectivity index (χ1) is 6.36. The van der Waals surface area contributed by atoms with E-state index >= 15 is 0 Å². The second kappa shape index (κ2) is 2.38. The van der Waals surface area contributed by atoms with Gasteiger partial charge in [0.15, 0.2) is 0 Å². The average Bonchev–Trinajstić information content (AvgIpc) is 2.76. The lowest BCUT2D eigenvalue weighted by Crippen LogP contribution is -2.27. The van der Waals surface area contributed by atoms with Crippen molar-refractivity contribution in [2.45, 2.75) is 31.6 Å². The Morgan fingerprint density at radius 1 is 1.38 bits per heavy atom. The molecular weight excluding hydrogens is 162 g/mol. The summed E-state index contributed by atoms with van der Waals surface area (Å²) in [6, 6.07) is 0. The fraction of sp³-hybridized carbons (Fsp3) is 0.636. The lowest BCUT2D eigenvalue weighted by Gasteiger charge is -2.30. The maximum absolute atomic E-state index is 5.85. The Morgan fingerprint density at radius 2 is 2.23 bits per heavy atom. The van der Waals surface area contributed by atoms with Gasteiger partial charge in [0, 0.05) is 5.92 Å². The molecule has 0 aliphatic heterocycles. The van der Waals surface area contributed by atoms with Crippen molar-refractivity contribution in [3.05, 3.63) is 23.7 Å². The van der Waals surface area contributed by atoms with Crippen LogP contribution in [0.4, 0.5) is 0 Å². The summed E-state index contributed by atoms with van der Waals surface area (Å²) in [4.78, 5) is 0. The molecule has 2 aliphatic carbocycles. The van der Waals surface area contributed by atoms with E-state index in [1.807, 2.05) is 12.5 Å². The van der Waals surface area contributed by atoms with E-state index in [4.69, 9.17) is 10.2 Å². The van der Waals surface area contributed by atoms with Crippen LogP contribution < -0.4 is 5.73 Å². The standard InChI is InChI=1S/C11H15NO/c12-5-10-9-7-13-6-8(9)1-2-11(10)3-4-11/h6-7,10H,1-5,12H2. The Kier molecular flexibility index (Phi) is 1.40. The van der Waals surface area contributed by atoms with Gasteiger partial charge in [-0.15, -0.1) is 0 Å². The van der Waals surface area contributed by atoms with Crippen LogP contribution in [-0.2, 0) is 6.42 Å². The molecule has 3 rings (SSSR count). The Labute approximate surface area is 78.1 Å². The number of nitrogens with two attached hydrogens (primary N) is 1. The molecule has 1 unspecified atom stereocenters. The first-order valence-electron chi connectivity index (χ1n) is 5.11. The van der Waals surface area contributed by atoms with Gasteiger partial charge in [-0.25, -0.2) is 0 Å². The molecule has 1 aromatic rings. The van der Waals surface area contributed by atoms with Crippen LogP contribution in [0.3, 0.4) is 0 Å². The van der Waals surface area contributed by atoms with Crippen molar-refractivity contribution in [3.63, 3.8) is 0 Å². The van der Waals surface area contributed by atoms with Crippen molar-refractivity contribution in [3.8, 4) is 0 Å². The number of furan rings is 1. The third-order valence-electron chi connectivity index (χ3n) is 3.91. The van der Waals surface area contributed by atoms with Crippen molar-refractivity contribution < 1.29 is 4.42 Å². The Bertz CT molecular complexity index is 325. The lowest BCUT2D eigenvalue weighted by atomic mass is 9.74. The van der Waals surface area contributed by atoms with E-state index in [-0.39, 0.29) is 0 Å². The predicted molar refractivity (Wildman–Crippen MR) is 50.5 cm³/mol. The molecule has 0 bridgehead atoms. The van der Waals surface area contributed by atoms with Gasteiger partial charge in [0.25, 0.3) is 0 Å². The molecule has 1 fully saturated rings. The molecule has 0 saturated heterocycles. The summed E-state index contributed by atoms with van der Waals surface area (Å²) >= 11 is 0. The van der Waals surface area contributed by atoms with Gasteiger partial charge in [-0.1, -0.05) is 0 Å². The second-order valence-electron chi connectivity index (χ2n) is 4.50. The van der Waals surface area contributed by atoms with Gasteiger partial charge in [0.05, 0.1) is 12.5 Å². The van der Waals surface area contributed by atoms with Crippen molar-refractivity contribution in [2.75, 3.05) is 6.54 Å². The maximum atomic E-state index is 5.85. The molecule has 0 radical (unpaired) electrons. The van der Waals surface area contributed by atoms with Gasteiger partial charge >= 0.3 is 0 Å². The highest BCUT2D eigenvalue weighted by Crippen LogP contribution is 2.61. The third-order valence-corrected chi connectivity index (χ3v) is 3.91. The number of fused-ring (bicyclic) bond motifs is 1. The predicted octanol–water partition coefficient (Wildman–Crippen LogP) is 2.05. The molecule has 1 atom stereocenters. The normalized spacial score (nSPS) is 28.8. The van der Waals surface area contributed by atoms with Gasteiger partial charge in [-0.2, -0.15) is 0 Å². The molecule has 2 aliphatic rings. The van der Waals surface area contributed by atoms with Crippen LogP contribution in [0, 0.1) is 5.41 Å². The highest BCUT2D eigenvalue weighted by atomic mass is 16.3. The van der Waals surface area contributed by atoms with E-state index in [1.165, 1.54) is 36.8 Å². The topological polar surface area (TPSA) is 39.2 Å². The Morgan fingerprint density at radius 3 is 2.92 bits per heavy atom. The average molecular weight is 177 g/mol. The van der Waals surface area contributed by atoms with Gasteiger partial charge in [-0.3, -0.25) is 0 Å². The van der Waals surface area contributed by atoms with Gasteiger partial charge < -0.3 is 10.2 Å². The van der Waals surface area contributed by atoms with Crippen LogP contribution in [0.2, 0.25) is 0 Å². The van der Waals surface area contributed by atoms with E-state index in [2.05, 4.69) is 0 Å². The maximum Gasteiger partial charge on any atom is 0.0940 e. The van der Waals surface area contributed by atoms with Crippen molar-refractivity contribution in [2.24, 2.45) is 11.1 Å². The zero-order chi connectivity index (χ0) is 8.89. The van der Waals surface area contributed by atoms with Gasteiger partial charge in [0.2, 0.25) is 0 Å². The summed E-state index contributed by atoms with van der Waals surface area (Å²) in [5.74, 6) is 0.579. The minimum absolute atomic E-state index is 0.575. The van der Waals surface area contributed by atoms with E-state index in [9.17, 15) is 0 Å². The zero-order valence-corrected chi connectivity index (χ0v) is 7.75. The summed E-state index contributed by atoms with van der Waals surface area (Å²) in [5.41, 5.74) is 9.22. The van der Waals surface area contributed by atoms with Crippen LogP contribution in [0.15, 0.2) is 16.9 Å². The summed E-state index contributed by atoms with van der Waals surface area (Å²) < 4.78 is 5.27. The largest absolute Gasteiger partial charge is 0.472 e. The first-order valence-corrected chi connectivity index (χ1v) is 5.11. The van der Waals surface area contributed by atoms with Gasteiger partial charge in [0.1, 0.15) is 0 Å². The first kappa shape index (κ1) is 7.63. The van der Waals surface area contributed by atoms with Crippen molar-refractivity contribution in [1.82, 2.24) is 0 Å². The van der Waals surface area contributed by atoms with Crippen molar-refractivity contribution in [1.29, 1.82) is 0 Å². The van der Waals surface area contributed by atoms with Crippen LogP contribution in [0.5, 0.6) is 0 Å². The molecule has 70 valence electrons. The van der Waals surface area contributed by atoms with Crippen LogP contribution in [0.25, 0.3) is 0 Å². The Hall–Kier alpha value is -0.760. The highest BCUT2D eigenvalue weighted by Gasteiger charge is 2.51. The van der Waals surface area contributed by atoms with Crippen molar-refractivity contribution >= 4 is 0 Å². The number of hydrogen-bond acceptors (Lipinski definition) is 2. The molecule has 1 saturated carbocycles. The zero-order valence-electron chi connectivity index (χ0n) is 7.75. The monoisotopic (exact) mass is 177 g/mol. The number of aryl methyl sites for hydroxylation is 1. The fourth-order valence-electron chi connectivity index (χ4n) is 2.87. The third kappa shape index (κ3) is 0.923. The molecule has 1 aromatic heterocycles. The second-order valence-corrected chi connectivity index (χ2v) is 4.50. The van der Waals surface area contributed by atoms with Crippen LogP contribution in [0.1, 0.15) is 36.3 Å². The summed E-state index contributed by atoms with van der Waals surface area (Å²) in [5, 5.41) is 0. The minimum Gasteiger partial charge on any atom is -0.472 e. The summed E-state index contributed by atoms with van der Waals surface area (Å²) in [6.07, 6.45) is 9.07. The van der Waals surface area contributed by atoms with E-state index in [0.717, 1.165) is 6.54 Å². The van der Waals surface area contributed by atoms with Crippen LogP contribution in [-0.4, -0.2) is 6.54 Å². The lowest BCUT2D eigenvalue weighted by molar-refractivity contribution is 0.353. The minimum atomic E-state index is 0.575. The molecule has 1 spiro atoms. The van der Waals surface area contributed by atoms with E-state index in [1.54, 1.807) is 0 Å². The molecule has 0 aromatic carbocycles. The molecule has 0 amide bonds. The van der Waals surface area contributed by atoms with E-state index in [0.29, 0.717) is 11.3 Å². The van der Waals surface area contributed by atoms with E-state index < -0.39 is 0 Å². The SMILES string of the molecule is NCC1c2cocc2CCC12CC2. The van der Waals surface area contributed by atoms with Gasteiger partial charge in [-0.05, 0) is 48.8 Å². The molecule has 2 heteroatoms. The molecule has 1 heterocycles. The quantitative estimate of drug-likeness (QED) is 0.713. The van der Waals surface area contributed by atoms with Crippen LogP contribution >= 0.6 is 0 Å². The highest BCUT2D eigenvalue weighted by molar-refractivity contribution is 5.33. The number of hydrogen-bond donors (Lipinski definition) is 1.